The second-order valence-corrected chi connectivity index (χ2v) is 12.2. The van der Waals surface area contributed by atoms with Crippen LogP contribution in [0.5, 0.6) is 11.6 Å². The van der Waals surface area contributed by atoms with Gasteiger partial charge in [-0.05, 0) is 61.4 Å². The van der Waals surface area contributed by atoms with Gasteiger partial charge in [0.1, 0.15) is 16.6 Å². The minimum Gasteiger partial charge on any atom is -0.437 e. The quantitative estimate of drug-likeness (QED) is 0.247. The molecule has 0 atom stereocenters. The Kier molecular flexibility index (Phi) is 6.44. The Bertz CT molecular complexity index is 1920. The van der Waals surface area contributed by atoms with E-state index >= 15 is 0 Å². The molecule has 6 rings (SSSR count). The molecule has 40 heavy (non-hydrogen) atoms. The fraction of sp³-hybridized carbons (Fsp3) is 0.148. The van der Waals surface area contributed by atoms with E-state index in [0.717, 1.165) is 10.9 Å². The van der Waals surface area contributed by atoms with Gasteiger partial charge in [-0.3, -0.25) is 9.10 Å². The van der Waals surface area contributed by atoms with E-state index in [1.165, 1.54) is 15.2 Å². The summed E-state index contributed by atoms with van der Waals surface area (Å²) in [6.45, 7) is 2.29. The molecule has 13 heteroatoms. The summed E-state index contributed by atoms with van der Waals surface area (Å²) in [6, 6.07) is 13.6. The Labute approximate surface area is 239 Å². The normalized spacial score (nSPS) is 14.6. The summed E-state index contributed by atoms with van der Waals surface area (Å²) >= 11 is 12.6. The van der Waals surface area contributed by atoms with Gasteiger partial charge in [0, 0.05) is 29.7 Å². The fourth-order valence-corrected chi connectivity index (χ4v) is 6.76. The zero-order valence-electron chi connectivity index (χ0n) is 21.1. The molecule has 0 spiro atoms. The number of aromatic nitrogens is 4. The van der Waals surface area contributed by atoms with Crippen LogP contribution in [-0.4, -0.2) is 46.2 Å². The number of ketones is 1. The number of benzene rings is 2. The van der Waals surface area contributed by atoms with Crippen molar-refractivity contribution in [3.05, 3.63) is 87.8 Å². The maximum atomic E-state index is 13.4. The fourth-order valence-electron chi connectivity index (χ4n) is 4.74. The maximum Gasteiger partial charge on any atom is 0.238 e. The second-order valence-electron chi connectivity index (χ2n) is 9.34. The number of nitrogens with one attached hydrogen (secondary N) is 1. The van der Waals surface area contributed by atoms with Gasteiger partial charge in [0.15, 0.2) is 0 Å². The van der Waals surface area contributed by atoms with Gasteiger partial charge in [0.05, 0.1) is 39.6 Å². The Balaban J connectivity index is 1.29. The van der Waals surface area contributed by atoms with Crippen LogP contribution in [0.3, 0.4) is 0 Å². The highest BCUT2D eigenvalue weighted by atomic mass is 35.5. The van der Waals surface area contributed by atoms with E-state index in [2.05, 4.69) is 15.1 Å². The highest BCUT2D eigenvalue weighted by Crippen LogP contribution is 2.34. The number of hydrogen-bond acceptors (Lipinski definition) is 7. The van der Waals surface area contributed by atoms with Crippen LogP contribution in [0, 0.1) is 6.92 Å². The van der Waals surface area contributed by atoms with Crippen LogP contribution in [0.2, 0.25) is 10.0 Å². The van der Waals surface area contributed by atoms with Crippen molar-refractivity contribution in [3.8, 4) is 17.3 Å². The SMILES string of the molecule is Cc1cc2cc(C(=O)c3cnn(-c4ccc(Oc5ncccc5Cl)cc4Cl)c3N)[nH]c2cc1N1CCCS1(=O)=O. The van der Waals surface area contributed by atoms with Crippen LogP contribution in [0.25, 0.3) is 16.6 Å². The van der Waals surface area contributed by atoms with Crippen molar-refractivity contribution < 1.29 is 17.9 Å². The number of hydrogen-bond donors (Lipinski definition) is 2. The third-order valence-corrected chi connectivity index (χ3v) is 9.13. The highest BCUT2D eigenvalue weighted by molar-refractivity contribution is 7.93. The van der Waals surface area contributed by atoms with Gasteiger partial charge >= 0.3 is 0 Å². The Morgan fingerprint density at radius 1 is 1.10 bits per heavy atom. The molecule has 3 aromatic heterocycles. The number of carbonyl (C=O) groups excluding carboxylic acids is 1. The van der Waals surface area contributed by atoms with E-state index in [1.807, 2.05) is 13.0 Å². The molecule has 1 fully saturated rings. The van der Waals surface area contributed by atoms with Crippen molar-refractivity contribution in [2.24, 2.45) is 0 Å². The molecule has 204 valence electrons. The van der Waals surface area contributed by atoms with Crippen LogP contribution in [0.1, 0.15) is 28.0 Å². The molecule has 0 aliphatic carbocycles. The number of nitrogens with zero attached hydrogens (tertiary/aromatic N) is 4. The summed E-state index contributed by atoms with van der Waals surface area (Å²) in [6.07, 6.45) is 3.52. The zero-order chi connectivity index (χ0) is 28.2. The van der Waals surface area contributed by atoms with E-state index < -0.39 is 10.0 Å². The number of H-pyrrole nitrogens is 1. The molecule has 0 unspecified atom stereocenters. The number of sulfonamides is 1. The predicted octanol–water partition coefficient (Wildman–Crippen LogP) is 5.51. The number of ether oxygens (including phenoxy) is 1. The zero-order valence-corrected chi connectivity index (χ0v) is 23.4. The molecule has 0 radical (unpaired) electrons. The molecule has 3 N–H and O–H groups in total. The Morgan fingerprint density at radius 2 is 1.93 bits per heavy atom. The van der Waals surface area contributed by atoms with Crippen molar-refractivity contribution >= 4 is 61.4 Å². The number of nitrogens with two attached hydrogens (primary N) is 1. The lowest BCUT2D eigenvalue weighted by Gasteiger charge is -2.19. The molecule has 4 heterocycles. The first-order chi connectivity index (χ1) is 19.1. The molecule has 1 aliphatic rings. The van der Waals surface area contributed by atoms with E-state index in [1.54, 1.807) is 48.7 Å². The van der Waals surface area contributed by atoms with Crippen LogP contribution >= 0.6 is 23.2 Å². The molecular weight excluding hydrogens is 575 g/mol. The average Bonchev–Trinajstić information content (AvgIpc) is 3.60. The first-order valence-corrected chi connectivity index (χ1v) is 14.6. The van der Waals surface area contributed by atoms with E-state index in [-0.39, 0.29) is 33.8 Å². The standard InChI is InChI=1S/C27H22Cl2N6O4S/c1-15-10-16-11-22(33-21(16)13-24(15)34-8-3-9-40(34,37)38)25(36)18-14-32-35(26(18)30)23-6-5-17(12-20(23)29)39-27-19(28)4-2-7-31-27/h2,4-7,10-14,33H,3,8-9,30H2,1H3. The van der Waals surface area contributed by atoms with Crippen molar-refractivity contribution in [3.63, 3.8) is 0 Å². The third kappa shape index (κ3) is 4.55. The molecule has 0 amide bonds. The smallest absolute Gasteiger partial charge is 0.238 e. The molecule has 0 bridgehead atoms. The number of pyridine rings is 1. The third-order valence-electron chi connectivity index (χ3n) is 6.69. The summed E-state index contributed by atoms with van der Waals surface area (Å²) in [4.78, 5) is 20.7. The number of nitrogen functional groups attached to an aromatic ring is 1. The summed E-state index contributed by atoms with van der Waals surface area (Å²) in [5.41, 5.74) is 9.32. The maximum absolute atomic E-state index is 13.4. The number of anilines is 2. The van der Waals surface area contributed by atoms with Gasteiger partial charge in [-0.2, -0.15) is 5.10 Å². The van der Waals surface area contributed by atoms with Crippen molar-refractivity contribution in [2.75, 3.05) is 22.3 Å². The lowest BCUT2D eigenvalue weighted by molar-refractivity contribution is 0.103. The van der Waals surface area contributed by atoms with Crippen molar-refractivity contribution in [2.45, 2.75) is 13.3 Å². The largest absolute Gasteiger partial charge is 0.437 e. The van der Waals surface area contributed by atoms with E-state index in [0.29, 0.717) is 46.3 Å². The average molecular weight is 597 g/mol. The first-order valence-electron chi connectivity index (χ1n) is 12.2. The van der Waals surface area contributed by atoms with Crippen molar-refractivity contribution in [1.82, 2.24) is 19.7 Å². The minimum absolute atomic E-state index is 0.104. The number of aromatic amines is 1. The Hall–Kier alpha value is -4.06. The number of fused-ring (bicyclic) bond motifs is 1. The van der Waals surface area contributed by atoms with Gasteiger partial charge < -0.3 is 15.5 Å². The van der Waals surface area contributed by atoms with Crippen molar-refractivity contribution in [1.29, 1.82) is 0 Å². The van der Waals surface area contributed by atoms with Gasteiger partial charge in [0.2, 0.25) is 21.7 Å². The molecule has 0 saturated carbocycles. The van der Waals surface area contributed by atoms with Crippen LogP contribution in [0.4, 0.5) is 11.5 Å². The molecule has 5 aromatic rings. The molecule has 1 saturated heterocycles. The molecule has 10 nitrogen and oxygen atoms in total. The summed E-state index contributed by atoms with van der Waals surface area (Å²) in [5, 5.41) is 5.71. The first kappa shape index (κ1) is 26.2. The predicted molar refractivity (Wildman–Crippen MR) is 155 cm³/mol. The van der Waals surface area contributed by atoms with Gasteiger partial charge in [-0.25, -0.2) is 18.1 Å². The molecule has 1 aliphatic heterocycles. The molecular formula is C27H22Cl2N6O4S. The van der Waals surface area contributed by atoms with Gasteiger partial charge in [0.25, 0.3) is 0 Å². The van der Waals surface area contributed by atoms with Gasteiger partial charge in [-0.1, -0.05) is 23.2 Å². The number of halogens is 2. The summed E-state index contributed by atoms with van der Waals surface area (Å²) in [5.74, 6) is 0.509. The monoisotopic (exact) mass is 596 g/mol. The van der Waals surface area contributed by atoms with Crippen LogP contribution < -0.4 is 14.8 Å². The molecule has 2 aromatic carbocycles. The Morgan fingerprint density at radius 3 is 2.65 bits per heavy atom. The minimum atomic E-state index is -3.34. The number of rotatable bonds is 6. The number of aryl methyl sites for hydroxylation is 1. The van der Waals surface area contributed by atoms with Crippen LogP contribution in [0.15, 0.2) is 60.9 Å². The second kappa shape index (κ2) is 9.84. The summed E-state index contributed by atoms with van der Waals surface area (Å²) in [7, 11) is -3.34. The van der Waals surface area contributed by atoms with E-state index in [4.69, 9.17) is 33.7 Å². The lowest BCUT2D eigenvalue weighted by atomic mass is 10.1. The van der Waals surface area contributed by atoms with E-state index in [9.17, 15) is 13.2 Å². The highest BCUT2D eigenvalue weighted by Gasteiger charge is 2.30. The lowest BCUT2D eigenvalue weighted by Crippen LogP contribution is -2.25. The van der Waals surface area contributed by atoms with Gasteiger partial charge in [-0.15, -0.1) is 0 Å². The number of carbonyl (C=O) groups is 1. The topological polar surface area (TPSA) is 136 Å². The van der Waals surface area contributed by atoms with Crippen LogP contribution in [-0.2, 0) is 10.0 Å². The summed E-state index contributed by atoms with van der Waals surface area (Å²) < 4.78 is 33.4.